The third kappa shape index (κ3) is 2.60. The molecule has 0 aliphatic heterocycles. The number of carboxylic acids is 1. The molecule has 1 aromatic heterocycles. The van der Waals surface area contributed by atoms with Crippen LogP contribution in [0.25, 0.3) is 0 Å². The van der Waals surface area contributed by atoms with E-state index in [0.29, 0.717) is 6.42 Å². The lowest BCUT2D eigenvalue weighted by Crippen LogP contribution is -2.44. The maximum atomic E-state index is 12.4. The van der Waals surface area contributed by atoms with Gasteiger partial charge in [-0.25, -0.2) is 0 Å². The van der Waals surface area contributed by atoms with E-state index in [4.69, 9.17) is 4.42 Å². The van der Waals surface area contributed by atoms with Gasteiger partial charge in [-0.05, 0) is 37.3 Å². The van der Waals surface area contributed by atoms with Gasteiger partial charge in [-0.15, -0.1) is 0 Å². The largest absolute Gasteiger partial charge is 0.481 e. The lowest BCUT2D eigenvalue weighted by atomic mass is 9.82. The average Bonchev–Trinajstić information content (AvgIpc) is 3.13. The van der Waals surface area contributed by atoms with Gasteiger partial charge < -0.3 is 14.8 Å². The summed E-state index contributed by atoms with van der Waals surface area (Å²) in [6.45, 7) is 1.90. The van der Waals surface area contributed by atoms with Crippen molar-refractivity contribution in [2.75, 3.05) is 0 Å². The molecule has 0 aromatic carbocycles. The molecule has 1 aromatic rings. The predicted molar refractivity (Wildman–Crippen MR) is 75.4 cm³/mol. The zero-order valence-corrected chi connectivity index (χ0v) is 11.9. The molecule has 2 aliphatic carbocycles. The van der Waals surface area contributed by atoms with E-state index >= 15 is 0 Å². The average molecular weight is 289 g/mol. The summed E-state index contributed by atoms with van der Waals surface area (Å²) in [7, 11) is 0. The Kier molecular flexibility index (Phi) is 3.57. The van der Waals surface area contributed by atoms with Crippen LogP contribution in [0.15, 0.2) is 35.0 Å². The van der Waals surface area contributed by atoms with Gasteiger partial charge in [-0.2, -0.15) is 0 Å². The number of carbonyl (C=O) groups is 2. The normalized spacial score (nSPS) is 31.3. The van der Waals surface area contributed by atoms with Crippen LogP contribution < -0.4 is 5.32 Å². The van der Waals surface area contributed by atoms with Crippen LogP contribution in [-0.2, 0) is 16.0 Å². The number of nitrogens with one attached hydrogen (secondary N) is 1. The number of furan rings is 1. The quantitative estimate of drug-likeness (QED) is 0.811. The topological polar surface area (TPSA) is 79.5 Å². The highest BCUT2D eigenvalue weighted by atomic mass is 16.4. The van der Waals surface area contributed by atoms with Crippen LogP contribution in [0.1, 0.15) is 19.1 Å². The zero-order chi connectivity index (χ0) is 15.0. The standard InChI is InChI=1S/C16H19NO4/c1-9(7-12-3-2-6-21-12)17-15(18)13-10-4-5-11(8-10)14(13)16(19)20/h2-6,9-11,13-14H,7-8H2,1H3,(H,17,18)(H,19,20)/t9?,10?,11?,13-,14+/m0/s1. The fourth-order valence-electron chi connectivity index (χ4n) is 3.64. The Labute approximate surface area is 123 Å². The van der Waals surface area contributed by atoms with E-state index in [1.54, 1.807) is 6.26 Å². The molecule has 112 valence electrons. The second-order valence-corrected chi connectivity index (χ2v) is 6.03. The molecule has 2 aliphatic rings. The van der Waals surface area contributed by atoms with Crippen molar-refractivity contribution in [3.8, 4) is 0 Å². The monoisotopic (exact) mass is 289 g/mol. The Morgan fingerprint density at radius 3 is 2.71 bits per heavy atom. The highest BCUT2D eigenvalue weighted by Gasteiger charge is 2.51. The van der Waals surface area contributed by atoms with Gasteiger partial charge in [-0.3, -0.25) is 9.59 Å². The Morgan fingerprint density at radius 2 is 2.10 bits per heavy atom. The highest BCUT2D eigenvalue weighted by Crippen LogP contribution is 2.48. The summed E-state index contributed by atoms with van der Waals surface area (Å²) < 4.78 is 5.26. The van der Waals surface area contributed by atoms with E-state index in [-0.39, 0.29) is 23.8 Å². The van der Waals surface area contributed by atoms with Crippen LogP contribution in [0.2, 0.25) is 0 Å². The van der Waals surface area contributed by atoms with Crippen molar-refractivity contribution in [3.05, 3.63) is 36.3 Å². The Hall–Kier alpha value is -2.04. The van der Waals surface area contributed by atoms with E-state index in [1.165, 1.54) is 0 Å². The fourth-order valence-corrected chi connectivity index (χ4v) is 3.64. The van der Waals surface area contributed by atoms with E-state index in [9.17, 15) is 14.7 Å². The van der Waals surface area contributed by atoms with Crippen LogP contribution in [0.4, 0.5) is 0 Å². The molecule has 5 heteroatoms. The first-order valence-corrected chi connectivity index (χ1v) is 7.30. The van der Waals surface area contributed by atoms with E-state index < -0.39 is 17.8 Å². The molecule has 3 unspecified atom stereocenters. The molecule has 0 radical (unpaired) electrons. The molecule has 0 spiro atoms. The maximum Gasteiger partial charge on any atom is 0.307 e. The molecule has 5 atom stereocenters. The third-order valence-electron chi connectivity index (χ3n) is 4.52. The minimum atomic E-state index is -0.870. The van der Waals surface area contributed by atoms with E-state index in [2.05, 4.69) is 5.32 Å². The molecule has 0 saturated heterocycles. The van der Waals surface area contributed by atoms with Gasteiger partial charge in [0, 0.05) is 12.5 Å². The lowest BCUT2D eigenvalue weighted by Gasteiger charge is -2.25. The molecule has 2 bridgehead atoms. The van der Waals surface area contributed by atoms with Crippen molar-refractivity contribution in [3.63, 3.8) is 0 Å². The fraction of sp³-hybridized carbons (Fsp3) is 0.500. The van der Waals surface area contributed by atoms with Gasteiger partial charge in [0.05, 0.1) is 18.1 Å². The minimum absolute atomic E-state index is 0.00336. The molecule has 1 heterocycles. The number of hydrogen-bond donors (Lipinski definition) is 2. The molecule has 5 nitrogen and oxygen atoms in total. The first kappa shape index (κ1) is 13.9. The molecule has 2 N–H and O–H groups in total. The minimum Gasteiger partial charge on any atom is -0.481 e. The van der Waals surface area contributed by atoms with Crippen LogP contribution in [0, 0.1) is 23.7 Å². The summed E-state index contributed by atoms with van der Waals surface area (Å²) in [5.41, 5.74) is 0. The van der Waals surface area contributed by atoms with Gasteiger partial charge in [0.15, 0.2) is 0 Å². The SMILES string of the molecule is CC(Cc1ccco1)NC(=O)[C@H]1C2C=CC(C2)[C@H]1C(=O)O. The predicted octanol–water partition coefficient (Wildman–Crippen LogP) is 1.85. The third-order valence-corrected chi connectivity index (χ3v) is 4.52. The molecule has 3 rings (SSSR count). The van der Waals surface area contributed by atoms with Crippen LogP contribution >= 0.6 is 0 Å². The second-order valence-electron chi connectivity index (χ2n) is 6.03. The van der Waals surface area contributed by atoms with E-state index in [1.807, 2.05) is 31.2 Å². The summed E-state index contributed by atoms with van der Waals surface area (Å²) in [6, 6.07) is 3.59. The zero-order valence-electron chi connectivity index (χ0n) is 11.9. The van der Waals surface area contributed by atoms with Crippen LogP contribution in [-0.4, -0.2) is 23.0 Å². The van der Waals surface area contributed by atoms with Crippen molar-refractivity contribution >= 4 is 11.9 Å². The molecule has 1 amide bonds. The molecule has 1 saturated carbocycles. The van der Waals surface area contributed by atoms with Crippen molar-refractivity contribution in [2.45, 2.75) is 25.8 Å². The Balaban J connectivity index is 1.64. The lowest BCUT2D eigenvalue weighted by molar-refractivity contribution is -0.148. The summed E-state index contributed by atoms with van der Waals surface area (Å²) >= 11 is 0. The van der Waals surface area contributed by atoms with Crippen LogP contribution in [0.5, 0.6) is 0 Å². The number of hydrogen-bond acceptors (Lipinski definition) is 3. The van der Waals surface area contributed by atoms with Gasteiger partial charge in [0.1, 0.15) is 5.76 Å². The van der Waals surface area contributed by atoms with Gasteiger partial charge in [-0.1, -0.05) is 12.2 Å². The number of carboxylic acid groups (broad SMARTS) is 1. The van der Waals surface area contributed by atoms with Gasteiger partial charge >= 0.3 is 5.97 Å². The molecule has 21 heavy (non-hydrogen) atoms. The number of fused-ring (bicyclic) bond motifs is 2. The van der Waals surface area contributed by atoms with Crippen molar-refractivity contribution < 1.29 is 19.1 Å². The molecule has 1 fully saturated rings. The maximum absolute atomic E-state index is 12.4. The van der Waals surface area contributed by atoms with Crippen molar-refractivity contribution in [1.82, 2.24) is 5.32 Å². The first-order chi connectivity index (χ1) is 10.1. The van der Waals surface area contributed by atoms with E-state index in [0.717, 1.165) is 12.2 Å². The molecular formula is C16H19NO4. The van der Waals surface area contributed by atoms with Crippen LogP contribution in [0.3, 0.4) is 0 Å². The first-order valence-electron chi connectivity index (χ1n) is 7.30. The highest BCUT2D eigenvalue weighted by molar-refractivity contribution is 5.87. The second kappa shape index (κ2) is 5.39. The number of amides is 1. The van der Waals surface area contributed by atoms with Gasteiger partial charge in [0.25, 0.3) is 0 Å². The van der Waals surface area contributed by atoms with Crippen molar-refractivity contribution in [1.29, 1.82) is 0 Å². The summed E-state index contributed by atoms with van der Waals surface area (Å²) in [4.78, 5) is 23.9. The number of rotatable bonds is 5. The number of carbonyl (C=O) groups excluding carboxylic acids is 1. The summed E-state index contributed by atoms with van der Waals surface area (Å²) in [5.74, 6) is -1.18. The van der Waals surface area contributed by atoms with Gasteiger partial charge in [0.2, 0.25) is 5.91 Å². The smallest absolute Gasteiger partial charge is 0.307 e. The Morgan fingerprint density at radius 1 is 1.38 bits per heavy atom. The number of aliphatic carboxylic acids is 1. The summed E-state index contributed by atoms with van der Waals surface area (Å²) in [5, 5.41) is 12.3. The Bertz CT molecular complexity index is 563. The summed E-state index contributed by atoms with van der Waals surface area (Å²) in [6.07, 6.45) is 6.92. The number of allylic oxidation sites excluding steroid dienone is 2. The molecular weight excluding hydrogens is 270 g/mol. The van der Waals surface area contributed by atoms with Crippen molar-refractivity contribution in [2.24, 2.45) is 23.7 Å².